The number of hydrogen-bond acceptors (Lipinski definition) is 3. The van der Waals surface area contributed by atoms with E-state index < -0.39 is 0 Å². The van der Waals surface area contributed by atoms with Crippen LogP contribution in [-0.4, -0.2) is 32.4 Å². The molecular formula is C18H27FIN3O2. The van der Waals surface area contributed by atoms with Crippen LogP contribution in [0.5, 0.6) is 5.75 Å². The molecule has 0 atom stereocenters. The maximum Gasteiger partial charge on any atom is 0.191 e. The van der Waals surface area contributed by atoms with Crippen molar-refractivity contribution < 1.29 is 13.9 Å². The summed E-state index contributed by atoms with van der Waals surface area (Å²) < 4.78 is 24.5. The second-order valence-electron chi connectivity index (χ2n) is 6.39. The lowest BCUT2D eigenvalue weighted by molar-refractivity contribution is -0.0172. The summed E-state index contributed by atoms with van der Waals surface area (Å²) in [7, 11) is 1.78. The average molecular weight is 463 g/mol. The van der Waals surface area contributed by atoms with E-state index in [1.807, 2.05) is 0 Å². The molecule has 5 nitrogen and oxygen atoms in total. The zero-order valence-corrected chi connectivity index (χ0v) is 17.0. The average Bonchev–Trinajstić information content (AvgIpc) is 2.61. The first kappa shape index (κ1) is 20.2. The van der Waals surface area contributed by atoms with E-state index in [0.29, 0.717) is 25.6 Å². The number of nitrogens with one attached hydrogen (secondary N) is 2. The maximum atomic E-state index is 13.7. The SMILES string of the molecule is CN=C(NCCc1cc(F)cc2c1OCOC2)NC1CCCCC1.I. The van der Waals surface area contributed by atoms with Gasteiger partial charge in [-0.1, -0.05) is 19.3 Å². The Morgan fingerprint density at radius 3 is 2.84 bits per heavy atom. The first-order valence-corrected chi connectivity index (χ1v) is 8.75. The Morgan fingerprint density at radius 1 is 1.28 bits per heavy atom. The van der Waals surface area contributed by atoms with Crippen LogP contribution in [0.25, 0.3) is 0 Å². The summed E-state index contributed by atoms with van der Waals surface area (Å²) in [6.07, 6.45) is 6.97. The van der Waals surface area contributed by atoms with Crippen LogP contribution in [0.4, 0.5) is 4.39 Å². The first-order chi connectivity index (χ1) is 11.8. The lowest BCUT2D eigenvalue weighted by Crippen LogP contribution is -2.44. The van der Waals surface area contributed by atoms with Gasteiger partial charge in [-0.3, -0.25) is 4.99 Å². The summed E-state index contributed by atoms with van der Waals surface area (Å²) in [4.78, 5) is 4.29. The zero-order chi connectivity index (χ0) is 16.8. The largest absolute Gasteiger partial charge is 0.467 e. The van der Waals surface area contributed by atoms with Crippen LogP contribution in [-0.2, 0) is 17.8 Å². The molecule has 0 radical (unpaired) electrons. The molecule has 0 spiro atoms. The fourth-order valence-corrected chi connectivity index (χ4v) is 3.39. The standard InChI is InChI=1S/C18H26FN3O2.HI/c1-20-18(22-16-5-3-2-4-6-16)21-8-7-13-9-15(19)10-14-11-23-12-24-17(13)14;/h9-10,16H,2-8,11-12H2,1H3,(H2,20,21,22);1H. The minimum Gasteiger partial charge on any atom is -0.467 e. The highest BCUT2D eigenvalue weighted by molar-refractivity contribution is 14.0. The molecule has 140 valence electrons. The van der Waals surface area contributed by atoms with Gasteiger partial charge in [0.05, 0.1) is 6.61 Å². The molecule has 0 unspecified atom stereocenters. The summed E-state index contributed by atoms with van der Waals surface area (Å²) in [6.45, 7) is 1.30. The van der Waals surface area contributed by atoms with Crippen LogP contribution < -0.4 is 15.4 Å². The van der Waals surface area contributed by atoms with Crippen molar-refractivity contribution in [1.82, 2.24) is 10.6 Å². The van der Waals surface area contributed by atoms with Gasteiger partial charge >= 0.3 is 0 Å². The van der Waals surface area contributed by atoms with E-state index in [1.54, 1.807) is 13.1 Å². The van der Waals surface area contributed by atoms with Gasteiger partial charge in [0.1, 0.15) is 11.6 Å². The lowest BCUT2D eigenvalue weighted by Gasteiger charge is -2.25. The van der Waals surface area contributed by atoms with Gasteiger partial charge in [-0.15, -0.1) is 24.0 Å². The predicted molar refractivity (Wildman–Crippen MR) is 107 cm³/mol. The molecule has 1 heterocycles. The molecule has 1 aliphatic carbocycles. The molecule has 1 saturated carbocycles. The van der Waals surface area contributed by atoms with Crippen molar-refractivity contribution in [3.05, 3.63) is 29.1 Å². The van der Waals surface area contributed by atoms with E-state index in [4.69, 9.17) is 9.47 Å². The first-order valence-electron chi connectivity index (χ1n) is 8.75. The fourth-order valence-electron chi connectivity index (χ4n) is 3.39. The molecule has 25 heavy (non-hydrogen) atoms. The lowest BCUT2D eigenvalue weighted by atomic mass is 9.96. The Hall–Kier alpha value is -1.09. The number of aliphatic imine (C=N–C) groups is 1. The van der Waals surface area contributed by atoms with Gasteiger partial charge in [-0.05, 0) is 37.0 Å². The second-order valence-corrected chi connectivity index (χ2v) is 6.39. The molecule has 0 amide bonds. The second kappa shape index (κ2) is 10.2. The highest BCUT2D eigenvalue weighted by atomic mass is 127. The number of benzene rings is 1. The van der Waals surface area contributed by atoms with Crippen molar-refractivity contribution in [1.29, 1.82) is 0 Å². The zero-order valence-electron chi connectivity index (χ0n) is 14.6. The Balaban J connectivity index is 0.00000225. The molecular weight excluding hydrogens is 436 g/mol. The number of fused-ring (bicyclic) bond motifs is 1. The van der Waals surface area contributed by atoms with Crippen molar-refractivity contribution in [2.75, 3.05) is 20.4 Å². The topological polar surface area (TPSA) is 54.9 Å². The van der Waals surface area contributed by atoms with Gasteiger partial charge in [0.15, 0.2) is 12.8 Å². The van der Waals surface area contributed by atoms with Crippen molar-refractivity contribution in [2.24, 2.45) is 4.99 Å². The molecule has 1 fully saturated rings. The molecule has 0 aromatic heterocycles. The predicted octanol–water partition coefficient (Wildman–Crippen LogP) is 3.35. The number of nitrogens with zero attached hydrogens (tertiary/aromatic N) is 1. The molecule has 2 N–H and O–H groups in total. The van der Waals surface area contributed by atoms with Gasteiger partial charge < -0.3 is 20.1 Å². The molecule has 1 aromatic carbocycles. The third-order valence-corrected chi connectivity index (χ3v) is 4.61. The highest BCUT2D eigenvalue weighted by Gasteiger charge is 2.17. The van der Waals surface area contributed by atoms with E-state index in [9.17, 15) is 4.39 Å². The fraction of sp³-hybridized carbons (Fsp3) is 0.611. The van der Waals surface area contributed by atoms with Crippen molar-refractivity contribution in [3.8, 4) is 5.75 Å². The van der Waals surface area contributed by atoms with Crippen molar-refractivity contribution >= 4 is 29.9 Å². The molecule has 2 aliphatic rings. The maximum absolute atomic E-state index is 13.7. The molecule has 1 aliphatic heterocycles. The Labute approximate surface area is 165 Å². The minimum absolute atomic E-state index is 0. The van der Waals surface area contributed by atoms with E-state index in [1.165, 1.54) is 38.2 Å². The highest BCUT2D eigenvalue weighted by Crippen LogP contribution is 2.29. The van der Waals surface area contributed by atoms with Crippen LogP contribution in [0.1, 0.15) is 43.2 Å². The van der Waals surface area contributed by atoms with Gasteiger partial charge in [-0.25, -0.2) is 4.39 Å². The van der Waals surface area contributed by atoms with E-state index in [2.05, 4.69) is 15.6 Å². The molecule has 0 saturated heterocycles. The normalized spacial score (nSPS) is 17.9. The Morgan fingerprint density at radius 2 is 2.08 bits per heavy atom. The third-order valence-electron chi connectivity index (χ3n) is 4.61. The van der Waals surface area contributed by atoms with E-state index >= 15 is 0 Å². The number of halogens is 2. The summed E-state index contributed by atoms with van der Waals surface area (Å²) in [6, 6.07) is 3.53. The number of hydrogen-bond donors (Lipinski definition) is 2. The quantitative estimate of drug-likeness (QED) is 0.409. The summed E-state index contributed by atoms with van der Waals surface area (Å²) in [5.41, 5.74) is 1.65. The molecule has 7 heteroatoms. The minimum atomic E-state index is -0.248. The van der Waals surface area contributed by atoms with Gasteiger partial charge in [-0.2, -0.15) is 0 Å². The van der Waals surface area contributed by atoms with Gasteiger partial charge in [0.2, 0.25) is 0 Å². The van der Waals surface area contributed by atoms with E-state index in [-0.39, 0.29) is 36.6 Å². The van der Waals surface area contributed by atoms with Gasteiger partial charge in [0, 0.05) is 25.2 Å². The van der Waals surface area contributed by atoms with Crippen LogP contribution in [0, 0.1) is 5.82 Å². The van der Waals surface area contributed by atoms with Crippen LogP contribution in [0.15, 0.2) is 17.1 Å². The molecule has 3 rings (SSSR count). The number of rotatable bonds is 4. The summed E-state index contributed by atoms with van der Waals surface area (Å²) in [5, 5.41) is 6.80. The monoisotopic (exact) mass is 463 g/mol. The molecule has 1 aromatic rings. The smallest absolute Gasteiger partial charge is 0.191 e. The summed E-state index contributed by atoms with van der Waals surface area (Å²) in [5.74, 6) is 1.33. The van der Waals surface area contributed by atoms with Crippen LogP contribution >= 0.6 is 24.0 Å². The van der Waals surface area contributed by atoms with Gasteiger partial charge in [0.25, 0.3) is 0 Å². The van der Waals surface area contributed by atoms with E-state index in [0.717, 1.165) is 22.8 Å². The van der Waals surface area contributed by atoms with Crippen molar-refractivity contribution in [3.63, 3.8) is 0 Å². The Bertz CT molecular complexity index is 592. The number of guanidine groups is 1. The van der Waals surface area contributed by atoms with Crippen LogP contribution in [0.3, 0.4) is 0 Å². The number of ether oxygens (including phenoxy) is 2. The van der Waals surface area contributed by atoms with Crippen LogP contribution in [0.2, 0.25) is 0 Å². The molecule has 0 bridgehead atoms. The van der Waals surface area contributed by atoms with Crippen molar-refractivity contribution in [2.45, 2.75) is 51.2 Å². The Kier molecular flexibility index (Phi) is 8.21. The third kappa shape index (κ3) is 5.70. The summed E-state index contributed by atoms with van der Waals surface area (Å²) >= 11 is 0.